The molecule has 0 aromatic heterocycles. The lowest BCUT2D eigenvalue weighted by Crippen LogP contribution is -2.31. The van der Waals surface area contributed by atoms with Crippen LogP contribution in [0, 0.1) is 6.92 Å². The first-order valence-corrected chi connectivity index (χ1v) is 5.45. The fourth-order valence-corrected chi connectivity index (χ4v) is 1.25. The molecule has 1 rings (SSSR count). The van der Waals surface area contributed by atoms with Gasteiger partial charge in [-0.25, -0.2) is 0 Å². The number of likely N-dealkylation sites (N-methyl/N-ethyl adjacent to an activating group) is 1. The van der Waals surface area contributed by atoms with Crippen molar-refractivity contribution >= 4 is 11.6 Å². The van der Waals surface area contributed by atoms with E-state index in [9.17, 15) is 4.79 Å². The van der Waals surface area contributed by atoms with Crippen molar-refractivity contribution in [3.05, 3.63) is 29.8 Å². The monoisotopic (exact) mass is 221 g/mol. The molecule has 1 aromatic carbocycles. The van der Waals surface area contributed by atoms with E-state index < -0.39 is 0 Å². The molecule has 1 aromatic rings. The molecular weight excluding hydrogens is 202 g/mol. The lowest BCUT2D eigenvalue weighted by atomic mass is 10.2. The van der Waals surface area contributed by atoms with E-state index in [1.807, 2.05) is 45.0 Å². The number of carbonyl (C=O) groups excluding carboxylic acids is 1. The summed E-state index contributed by atoms with van der Waals surface area (Å²) in [6.45, 7) is 5.98. The van der Waals surface area contributed by atoms with E-state index >= 15 is 0 Å². The zero-order valence-corrected chi connectivity index (χ0v) is 10.4. The molecule has 0 atom stereocenters. The van der Waals surface area contributed by atoms with E-state index in [2.05, 4.69) is 0 Å². The van der Waals surface area contributed by atoms with Crippen LogP contribution in [0.3, 0.4) is 0 Å². The summed E-state index contributed by atoms with van der Waals surface area (Å²) in [6.07, 6.45) is 0.0790. The molecule has 0 bridgehead atoms. The normalized spacial score (nSPS) is 10.6. The largest absolute Gasteiger partial charge is 0.369 e. The first-order chi connectivity index (χ1) is 7.50. The van der Waals surface area contributed by atoms with Crippen LogP contribution in [0.4, 0.5) is 5.69 Å². The minimum Gasteiger partial charge on any atom is -0.369 e. The number of anilines is 1. The average Bonchev–Trinajstić information content (AvgIpc) is 2.26. The van der Waals surface area contributed by atoms with Crippen LogP contribution in [-0.2, 0) is 9.53 Å². The van der Waals surface area contributed by atoms with Crippen molar-refractivity contribution in [3.8, 4) is 0 Å². The Bertz CT molecular complexity index is 343. The van der Waals surface area contributed by atoms with Gasteiger partial charge in [-0.3, -0.25) is 4.79 Å². The molecule has 0 N–H and O–H groups in total. The van der Waals surface area contributed by atoms with Gasteiger partial charge in [-0.05, 0) is 32.9 Å². The highest BCUT2D eigenvalue weighted by Crippen LogP contribution is 2.13. The van der Waals surface area contributed by atoms with E-state index in [4.69, 9.17) is 4.74 Å². The molecule has 3 nitrogen and oxygen atoms in total. The molecule has 0 spiro atoms. The molecule has 3 heteroatoms. The van der Waals surface area contributed by atoms with Crippen LogP contribution in [-0.4, -0.2) is 25.7 Å². The van der Waals surface area contributed by atoms with Crippen molar-refractivity contribution in [1.82, 2.24) is 0 Å². The Labute approximate surface area is 97.0 Å². The van der Waals surface area contributed by atoms with Gasteiger partial charge < -0.3 is 9.64 Å². The Morgan fingerprint density at radius 1 is 1.31 bits per heavy atom. The van der Waals surface area contributed by atoms with Crippen LogP contribution in [0.1, 0.15) is 19.4 Å². The van der Waals surface area contributed by atoms with Crippen molar-refractivity contribution in [2.75, 3.05) is 18.6 Å². The third-order valence-electron chi connectivity index (χ3n) is 2.34. The Morgan fingerprint density at radius 2 is 1.88 bits per heavy atom. The second-order valence-corrected chi connectivity index (χ2v) is 4.15. The van der Waals surface area contributed by atoms with Crippen LogP contribution in [0.5, 0.6) is 0 Å². The number of nitrogens with zero attached hydrogens (tertiary/aromatic N) is 1. The molecule has 0 radical (unpaired) electrons. The zero-order chi connectivity index (χ0) is 12.1. The predicted molar refractivity (Wildman–Crippen MR) is 65.7 cm³/mol. The molecule has 0 saturated heterocycles. The maximum atomic E-state index is 11.7. The van der Waals surface area contributed by atoms with Gasteiger partial charge in [0.25, 0.3) is 5.91 Å². The van der Waals surface area contributed by atoms with Gasteiger partial charge in [0.2, 0.25) is 0 Å². The zero-order valence-electron chi connectivity index (χ0n) is 10.4. The summed E-state index contributed by atoms with van der Waals surface area (Å²) < 4.78 is 5.28. The Morgan fingerprint density at radius 3 is 2.38 bits per heavy atom. The Hall–Kier alpha value is -1.35. The molecule has 0 unspecified atom stereocenters. The molecule has 88 valence electrons. The van der Waals surface area contributed by atoms with Gasteiger partial charge in [-0.1, -0.05) is 17.7 Å². The summed E-state index contributed by atoms with van der Waals surface area (Å²) in [7, 11) is 1.76. The first kappa shape index (κ1) is 12.7. The first-order valence-electron chi connectivity index (χ1n) is 5.45. The van der Waals surface area contributed by atoms with Crippen molar-refractivity contribution < 1.29 is 9.53 Å². The fourth-order valence-electron chi connectivity index (χ4n) is 1.25. The maximum Gasteiger partial charge on any atom is 0.252 e. The highest BCUT2D eigenvalue weighted by atomic mass is 16.5. The molecule has 16 heavy (non-hydrogen) atoms. The summed E-state index contributed by atoms with van der Waals surface area (Å²) in [5.74, 6) is -0.0300. The number of hydrogen-bond donors (Lipinski definition) is 0. The molecule has 0 aliphatic rings. The van der Waals surface area contributed by atoms with Crippen LogP contribution < -0.4 is 4.90 Å². The van der Waals surface area contributed by atoms with Gasteiger partial charge in [0.05, 0.1) is 6.10 Å². The van der Waals surface area contributed by atoms with E-state index in [0.717, 1.165) is 5.69 Å². The number of ether oxygens (including phenoxy) is 1. The molecular formula is C13H19NO2. The minimum atomic E-state index is -0.0300. The standard InChI is InChI=1S/C13H19NO2/c1-10(2)16-9-13(15)14(4)12-7-5-11(3)6-8-12/h5-8,10H,9H2,1-4H3. The summed E-state index contributed by atoms with van der Waals surface area (Å²) in [5, 5.41) is 0. The average molecular weight is 221 g/mol. The fraction of sp³-hybridized carbons (Fsp3) is 0.462. The molecule has 0 aliphatic carbocycles. The predicted octanol–water partition coefficient (Wildman–Crippen LogP) is 2.38. The third-order valence-corrected chi connectivity index (χ3v) is 2.34. The van der Waals surface area contributed by atoms with Crippen LogP contribution in [0.25, 0.3) is 0 Å². The molecule has 0 aliphatic heterocycles. The molecule has 0 heterocycles. The second-order valence-electron chi connectivity index (χ2n) is 4.15. The lowest BCUT2D eigenvalue weighted by molar-refractivity contribution is -0.124. The lowest BCUT2D eigenvalue weighted by Gasteiger charge is -2.18. The van der Waals surface area contributed by atoms with Gasteiger partial charge in [-0.2, -0.15) is 0 Å². The quantitative estimate of drug-likeness (QED) is 0.781. The van der Waals surface area contributed by atoms with Crippen LogP contribution in [0.2, 0.25) is 0 Å². The van der Waals surface area contributed by atoms with Gasteiger partial charge in [0, 0.05) is 12.7 Å². The third kappa shape index (κ3) is 3.66. The molecule has 1 amide bonds. The van der Waals surface area contributed by atoms with Crippen LogP contribution >= 0.6 is 0 Å². The summed E-state index contributed by atoms with van der Waals surface area (Å²) in [4.78, 5) is 13.3. The van der Waals surface area contributed by atoms with E-state index in [0.29, 0.717) is 0 Å². The van der Waals surface area contributed by atoms with Crippen molar-refractivity contribution in [2.24, 2.45) is 0 Å². The topological polar surface area (TPSA) is 29.5 Å². The van der Waals surface area contributed by atoms with Gasteiger partial charge in [0.1, 0.15) is 6.61 Å². The number of aryl methyl sites for hydroxylation is 1. The van der Waals surface area contributed by atoms with Crippen molar-refractivity contribution in [2.45, 2.75) is 26.9 Å². The van der Waals surface area contributed by atoms with E-state index in [1.54, 1.807) is 11.9 Å². The highest BCUT2D eigenvalue weighted by molar-refractivity contribution is 5.93. The molecule has 0 saturated carbocycles. The Kier molecular flexibility index (Phi) is 4.50. The van der Waals surface area contributed by atoms with Crippen molar-refractivity contribution in [1.29, 1.82) is 0 Å². The second kappa shape index (κ2) is 5.66. The Balaban J connectivity index is 2.59. The minimum absolute atomic E-state index is 0.0300. The molecule has 0 fully saturated rings. The van der Waals surface area contributed by atoms with Gasteiger partial charge in [-0.15, -0.1) is 0 Å². The highest BCUT2D eigenvalue weighted by Gasteiger charge is 2.11. The number of amides is 1. The maximum absolute atomic E-state index is 11.7. The van der Waals surface area contributed by atoms with Crippen molar-refractivity contribution in [3.63, 3.8) is 0 Å². The van der Waals surface area contributed by atoms with Crippen LogP contribution in [0.15, 0.2) is 24.3 Å². The van der Waals surface area contributed by atoms with E-state index in [1.165, 1.54) is 5.56 Å². The van der Waals surface area contributed by atoms with E-state index in [-0.39, 0.29) is 18.6 Å². The number of carbonyl (C=O) groups is 1. The SMILES string of the molecule is Cc1ccc(N(C)C(=O)COC(C)C)cc1. The number of hydrogen-bond acceptors (Lipinski definition) is 2. The van der Waals surface area contributed by atoms with Gasteiger partial charge >= 0.3 is 0 Å². The smallest absolute Gasteiger partial charge is 0.252 e. The summed E-state index contributed by atoms with van der Waals surface area (Å²) >= 11 is 0. The number of rotatable bonds is 4. The number of benzene rings is 1. The van der Waals surface area contributed by atoms with Gasteiger partial charge in [0.15, 0.2) is 0 Å². The summed E-state index contributed by atoms with van der Waals surface area (Å²) in [5.41, 5.74) is 2.07. The summed E-state index contributed by atoms with van der Waals surface area (Å²) in [6, 6.07) is 7.84.